The van der Waals surface area contributed by atoms with Crippen LogP contribution in [0.25, 0.3) is 0 Å². The summed E-state index contributed by atoms with van der Waals surface area (Å²) in [6.45, 7) is 1.98. The van der Waals surface area contributed by atoms with Gasteiger partial charge in [-0.3, -0.25) is 0 Å². The fourth-order valence-electron chi connectivity index (χ4n) is 1.43. The van der Waals surface area contributed by atoms with Gasteiger partial charge in [0.15, 0.2) is 0 Å². The van der Waals surface area contributed by atoms with E-state index < -0.39 is 0 Å². The van der Waals surface area contributed by atoms with Gasteiger partial charge in [-0.1, -0.05) is 61.1 Å². The van der Waals surface area contributed by atoms with Gasteiger partial charge in [0.2, 0.25) is 0 Å². The van der Waals surface area contributed by atoms with Crippen molar-refractivity contribution in [2.45, 2.75) is 45.4 Å². The lowest BCUT2D eigenvalue weighted by molar-refractivity contribution is -0.107. The SMILES string of the molecule is CC=CC=CC#CC=CC=CCCCCCCC=O. The first-order valence-electron chi connectivity index (χ1n) is 6.96. The molecule has 0 aromatic heterocycles. The van der Waals surface area contributed by atoms with E-state index in [0.717, 1.165) is 25.5 Å². The Morgan fingerprint density at radius 2 is 1.42 bits per heavy atom. The summed E-state index contributed by atoms with van der Waals surface area (Å²) in [5, 5.41) is 0. The second-order valence-corrected chi connectivity index (χ2v) is 4.12. The Balaban J connectivity index is 3.49. The fourth-order valence-corrected chi connectivity index (χ4v) is 1.43. The Morgan fingerprint density at radius 3 is 2.05 bits per heavy atom. The van der Waals surface area contributed by atoms with E-state index in [9.17, 15) is 4.79 Å². The number of rotatable bonds is 9. The normalized spacial score (nSPS) is 11.6. The molecular weight excluding hydrogens is 232 g/mol. The topological polar surface area (TPSA) is 17.1 Å². The van der Waals surface area contributed by atoms with Gasteiger partial charge in [0.05, 0.1) is 0 Å². The molecule has 0 saturated carbocycles. The van der Waals surface area contributed by atoms with Crippen molar-refractivity contribution in [3.8, 4) is 11.8 Å². The number of hydrogen-bond acceptors (Lipinski definition) is 1. The highest BCUT2D eigenvalue weighted by Crippen LogP contribution is 2.04. The third-order valence-electron chi connectivity index (χ3n) is 2.44. The molecule has 102 valence electrons. The van der Waals surface area contributed by atoms with Crippen LogP contribution in [0.1, 0.15) is 45.4 Å². The highest BCUT2D eigenvalue weighted by Gasteiger charge is 1.87. The molecule has 0 bridgehead atoms. The first-order valence-corrected chi connectivity index (χ1v) is 6.96. The van der Waals surface area contributed by atoms with Crippen molar-refractivity contribution in [1.82, 2.24) is 0 Å². The van der Waals surface area contributed by atoms with Gasteiger partial charge in [-0.15, -0.1) is 0 Å². The molecule has 0 aliphatic rings. The predicted octanol–water partition coefficient (Wildman–Crippen LogP) is 4.77. The van der Waals surface area contributed by atoms with Gasteiger partial charge in [-0.25, -0.2) is 0 Å². The van der Waals surface area contributed by atoms with Crippen LogP contribution in [0, 0.1) is 11.8 Å². The Morgan fingerprint density at radius 1 is 0.789 bits per heavy atom. The van der Waals surface area contributed by atoms with E-state index in [-0.39, 0.29) is 0 Å². The maximum absolute atomic E-state index is 10.1. The Bertz CT molecular complexity index is 372. The molecule has 0 unspecified atom stereocenters. The molecule has 0 aromatic carbocycles. The molecule has 0 heterocycles. The molecule has 19 heavy (non-hydrogen) atoms. The minimum Gasteiger partial charge on any atom is -0.303 e. The van der Waals surface area contributed by atoms with Crippen LogP contribution in [-0.2, 0) is 4.79 Å². The van der Waals surface area contributed by atoms with E-state index in [4.69, 9.17) is 0 Å². The number of hydrogen-bond donors (Lipinski definition) is 0. The van der Waals surface area contributed by atoms with Gasteiger partial charge < -0.3 is 4.79 Å². The summed E-state index contributed by atoms with van der Waals surface area (Å²) in [5.41, 5.74) is 0. The molecule has 1 heteroatoms. The summed E-state index contributed by atoms with van der Waals surface area (Å²) in [5.74, 6) is 5.85. The number of aldehydes is 1. The van der Waals surface area contributed by atoms with Crippen LogP contribution in [-0.4, -0.2) is 6.29 Å². The van der Waals surface area contributed by atoms with Crippen molar-refractivity contribution in [2.75, 3.05) is 0 Å². The molecule has 0 aliphatic carbocycles. The van der Waals surface area contributed by atoms with Crippen LogP contribution in [0.4, 0.5) is 0 Å². The van der Waals surface area contributed by atoms with E-state index in [1.807, 2.05) is 49.5 Å². The average Bonchev–Trinajstić information content (AvgIpc) is 2.43. The van der Waals surface area contributed by atoms with Crippen molar-refractivity contribution in [3.05, 3.63) is 48.6 Å². The average molecular weight is 256 g/mol. The van der Waals surface area contributed by atoms with Crippen molar-refractivity contribution in [1.29, 1.82) is 0 Å². The van der Waals surface area contributed by atoms with Crippen molar-refractivity contribution < 1.29 is 4.79 Å². The summed E-state index contributed by atoms with van der Waals surface area (Å²) >= 11 is 0. The molecule has 0 saturated heterocycles. The molecule has 0 N–H and O–H groups in total. The fraction of sp³-hybridized carbons (Fsp3) is 0.389. The second kappa shape index (κ2) is 16.2. The maximum Gasteiger partial charge on any atom is 0.119 e. The van der Waals surface area contributed by atoms with Crippen LogP contribution in [0.2, 0.25) is 0 Å². The lowest BCUT2D eigenvalue weighted by Gasteiger charge is -1.94. The van der Waals surface area contributed by atoms with Crippen molar-refractivity contribution >= 4 is 6.29 Å². The summed E-state index contributed by atoms with van der Waals surface area (Å²) < 4.78 is 0. The predicted molar refractivity (Wildman–Crippen MR) is 83.8 cm³/mol. The smallest absolute Gasteiger partial charge is 0.119 e. The van der Waals surface area contributed by atoms with Gasteiger partial charge in [0, 0.05) is 6.42 Å². The lowest BCUT2D eigenvalue weighted by Crippen LogP contribution is -1.78. The standard InChI is InChI=1S/C18H24O/c1-2-3-4-5-6-7-8-9-10-11-12-13-14-15-16-17-18-19/h2-5,8-11,18H,12-17H2,1H3. The van der Waals surface area contributed by atoms with E-state index in [0.29, 0.717) is 6.42 Å². The van der Waals surface area contributed by atoms with Crippen molar-refractivity contribution in [3.63, 3.8) is 0 Å². The van der Waals surface area contributed by atoms with Gasteiger partial charge in [-0.2, -0.15) is 0 Å². The zero-order valence-electron chi connectivity index (χ0n) is 11.8. The van der Waals surface area contributed by atoms with Crippen LogP contribution < -0.4 is 0 Å². The Labute approximate surface area is 117 Å². The minimum absolute atomic E-state index is 0.708. The van der Waals surface area contributed by atoms with Gasteiger partial charge in [-0.05, 0) is 38.3 Å². The second-order valence-electron chi connectivity index (χ2n) is 4.12. The van der Waals surface area contributed by atoms with E-state index in [2.05, 4.69) is 17.9 Å². The maximum atomic E-state index is 10.1. The molecular formula is C18H24O. The van der Waals surface area contributed by atoms with Crippen LogP contribution >= 0.6 is 0 Å². The largest absolute Gasteiger partial charge is 0.303 e. The number of unbranched alkanes of at least 4 members (excludes halogenated alkanes) is 5. The number of allylic oxidation sites excluding steroid dienone is 8. The molecule has 0 aliphatic heterocycles. The monoisotopic (exact) mass is 256 g/mol. The van der Waals surface area contributed by atoms with E-state index in [1.165, 1.54) is 12.8 Å². The Kier molecular flexibility index (Phi) is 14.6. The molecule has 0 radical (unpaired) electrons. The zero-order chi connectivity index (χ0) is 14.0. The molecule has 0 fully saturated rings. The summed E-state index contributed by atoms with van der Waals surface area (Å²) in [6, 6.07) is 0. The molecule has 0 rings (SSSR count). The highest BCUT2D eigenvalue weighted by atomic mass is 16.1. The lowest BCUT2D eigenvalue weighted by atomic mass is 10.1. The number of carbonyl (C=O) groups is 1. The highest BCUT2D eigenvalue weighted by molar-refractivity contribution is 5.48. The molecule has 1 nitrogen and oxygen atoms in total. The van der Waals surface area contributed by atoms with Crippen LogP contribution in [0.3, 0.4) is 0 Å². The van der Waals surface area contributed by atoms with Gasteiger partial charge in [0.1, 0.15) is 6.29 Å². The summed E-state index contributed by atoms with van der Waals surface area (Å²) in [6.07, 6.45) is 23.1. The summed E-state index contributed by atoms with van der Waals surface area (Å²) in [7, 11) is 0. The first-order chi connectivity index (χ1) is 9.41. The molecule has 0 amide bonds. The third kappa shape index (κ3) is 16.2. The van der Waals surface area contributed by atoms with Gasteiger partial charge >= 0.3 is 0 Å². The summed E-state index contributed by atoms with van der Waals surface area (Å²) in [4.78, 5) is 10.1. The van der Waals surface area contributed by atoms with E-state index >= 15 is 0 Å². The van der Waals surface area contributed by atoms with Crippen LogP contribution in [0.5, 0.6) is 0 Å². The van der Waals surface area contributed by atoms with Gasteiger partial charge in [0.25, 0.3) is 0 Å². The first kappa shape index (κ1) is 17.2. The molecule has 0 spiro atoms. The van der Waals surface area contributed by atoms with Crippen LogP contribution in [0.15, 0.2) is 48.6 Å². The molecule has 0 atom stereocenters. The zero-order valence-corrected chi connectivity index (χ0v) is 11.8. The Hall–Kier alpha value is -1.81. The molecule has 0 aromatic rings. The van der Waals surface area contributed by atoms with Crippen molar-refractivity contribution in [2.24, 2.45) is 0 Å². The quantitative estimate of drug-likeness (QED) is 0.251. The minimum atomic E-state index is 0.708. The van der Waals surface area contributed by atoms with E-state index in [1.54, 1.807) is 0 Å². The third-order valence-corrected chi connectivity index (χ3v) is 2.44. The number of carbonyl (C=O) groups excluding carboxylic acids is 1.